The van der Waals surface area contributed by atoms with Gasteiger partial charge in [-0.25, -0.2) is 4.39 Å². The van der Waals surface area contributed by atoms with Gasteiger partial charge < -0.3 is 15.1 Å². The Morgan fingerprint density at radius 1 is 0.875 bits per heavy atom. The van der Waals surface area contributed by atoms with E-state index in [-0.39, 0.29) is 41.6 Å². The van der Waals surface area contributed by atoms with Crippen molar-refractivity contribution in [2.75, 3.05) is 13.1 Å². The van der Waals surface area contributed by atoms with Crippen molar-refractivity contribution in [2.24, 2.45) is 11.8 Å². The van der Waals surface area contributed by atoms with Crippen LogP contribution >= 0.6 is 0 Å². The van der Waals surface area contributed by atoms with Crippen molar-refractivity contribution < 1.29 is 18.8 Å². The lowest BCUT2D eigenvalue weighted by Gasteiger charge is -2.38. The molecule has 0 spiro atoms. The summed E-state index contributed by atoms with van der Waals surface area (Å²) in [6.45, 7) is 3.90. The molecule has 1 aliphatic heterocycles. The summed E-state index contributed by atoms with van der Waals surface area (Å²) < 4.78 is 13.5. The molecule has 5 rings (SSSR count). The van der Waals surface area contributed by atoms with Crippen LogP contribution in [-0.4, -0.2) is 52.7 Å². The van der Waals surface area contributed by atoms with Gasteiger partial charge in [0, 0.05) is 49.1 Å². The van der Waals surface area contributed by atoms with Gasteiger partial charge in [0.1, 0.15) is 5.82 Å². The van der Waals surface area contributed by atoms with Gasteiger partial charge in [-0.05, 0) is 88.1 Å². The molecule has 0 unspecified atom stereocenters. The third kappa shape index (κ3) is 6.91. The molecule has 3 aliphatic rings. The van der Waals surface area contributed by atoms with Crippen LogP contribution in [0.5, 0.6) is 0 Å². The van der Waals surface area contributed by atoms with Crippen LogP contribution in [0.3, 0.4) is 0 Å². The van der Waals surface area contributed by atoms with Crippen molar-refractivity contribution in [1.82, 2.24) is 15.1 Å². The fourth-order valence-electron chi connectivity index (χ4n) is 6.78. The van der Waals surface area contributed by atoms with Crippen LogP contribution < -0.4 is 5.32 Å². The zero-order valence-corrected chi connectivity index (χ0v) is 23.6. The van der Waals surface area contributed by atoms with Gasteiger partial charge in [-0.2, -0.15) is 0 Å². The number of carbonyl (C=O) groups excluding carboxylic acids is 3. The zero-order chi connectivity index (χ0) is 28.1. The van der Waals surface area contributed by atoms with Crippen LogP contribution in [0.2, 0.25) is 0 Å². The molecule has 214 valence electrons. The molecule has 40 heavy (non-hydrogen) atoms. The summed E-state index contributed by atoms with van der Waals surface area (Å²) in [6.07, 6.45) is 9.04. The number of hydrogen-bond donors (Lipinski definition) is 1. The summed E-state index contributed by atoms with van der Waals surface area (Å²) in [4.78, 5) is 43.3. The van der Waals surface area contributed by atoms with Crippen molar-refractivity contribution in [3.63, 3.8) is 0 Å². The fourth-order valence-corrected chi connectivity index (χ4v) is 6.78. The Morgan fingerprint density at radius 3 is 2.20 bits per heavy atom. The van der Waals surface area contributed by atoms with E-state index in [0.29, 0.717) is 31.1 Å². The highest BCUT2D eigenvalue weighted by Gasteiger charge is 2.34. The number of likely N-dealkylation sites (tertiary alicyclic amines) is 1. The average Bonchev–Trinajstić information content (AvgIpc) is 3.51. The number of rotatable bonds is 7. The highest BCUT2D eigenvalue weighted by Crippen LogP contribution is 2.30. The molecule has 2 aliphatic carbocycles. The van der Waals surface area contributed by atoms with Crippen molar-refractivity contribution in [1.29, 1.82) is 0 Å². The van der Waals surface area contributed by atoms with Crippen LogP contribution in [0, 0.1) is 24.6 Å². The maximum absolute atomic E-state index is 13.6. The number of halogens is 1. The number of nitrogens with one attached hydrogen (secondary N) is 1. The Morgan fingerprint density at radius 2 is 1.55 bits per heavy atom. The van der Waals surface area contributed by atoms with E-state index in [1.165, 1.54) is 12.1 Å². The Bertz CT molecular complexity index is 1180. The zero-order valence-electron chi connectivity index (χ0n) is 23.6. The smallest absolute Gasteiger partial charge is 0.254 e. The molecular weight excluding hydrogens is 505 g/mol. The highest BCUT2D eigenvalue weighted by molar-refractivity contribution is 5.94. The van der Waals surface area contributed by atoms with E-state index >= 15 is 0 Å². The number of benzene rings is 2. The van der Waals surface area contributed by atoms with Crippen molar-refractivity contribution >= 4 is 17.7 Å². The van der Waals surface area contributed by atoms with Crippen LogP contribution in [0.4, 0.5) is 4.39 Å². The molecule has 0 atom stereocenters. The molecule has 7 heteroatoms. The number of hydrogen-bond acceptors (Lipinski definition) is 3. The molecule has 0 bridgehead atoms. The number of piperidine rings is 1. The van der Waals surface area contributed by atoms with E-state index in [2.05, 4.69) is 11.4 Å². The maximum atomic E-state index is 13.6. The minimum Gasteiger partial charge on any atom is -0.353 e. The van der Waals surface area contributed by atoms with E-state index in [1.54, 1.807) is 12.1 Å². The number of carbonyl (C=O) groups is 3. The Hall–Kier alpha value is -3.22. The maximum Gasteiger partial charge on any atom is 0.254 e. The SMILES string of the molecule is Cc1cccc(CN(C(=O)c2ccc(F)cc2)C2CCC(NC(=O)C3CCN(C(=O)C4CCCC4)CC3)CC2)c1. The van der Waals surface area contributed by atoms with E-state index in [9.17, 15) is 18.8 Å². The Balaban J connectivity index is 1.15. The molecule has 2 aromatic carbocycles. The first-order valence-corrected chi connectivity index (χ1v) is 15.1. The minimum atomic E-state index is -0.357. The third-order valence-corrected chi connectivity index (χ3v) is 9.15. The van der Waals surface area contributed by atoms with Gasteiger partial charge in [0.05, 0.1) is 0 Å². The van der Waals surface area contributed by atoms with Gasteiger partial charge in [0.15, 0.2) is 0 Å². The third-order valence-electron chi connectivity index (χ3n) is 9.15. The molecule has 1 saturated heterocycles. The van der Waals surface area contributed by atoms with Crippen molar-refractivity contribution in [2.45, 2.75) is 89.8 Å². The summed E-state index contributed by atoms with van der Waals surface area (Å²) in [5, 5.41) is 3.28. The van der Waals surface area contributed by atoms with Crippen LogP contribution in [0.1, 0.15) is 85.7 Å². The predicted molar refractivity (Wildman–Crippen MR) is 153 cm³/mol. The van der Waals surface area contributed by atoms with Gasteiger partial charge >= 0.3 is 0 Å². The number of nitrogens with zero attached hydrogens (tertiary/aromatic N) is 2. The monoisotopic (exact) mass is 547 g/mol. The molecule has 2 aromatic rings. The highest BCUT2D eigenvalue weighted by atomic mass is 19.1. The summed E-state index contributed by atoms with van der Waals surface area (Å²) >= 11 is 0. The van der Waals surface area contributed by atoms with Crippen molar-refractivity contribution in [3.05, 3.63) is 71.0 Å². The molecule has 1 N–H and O–H groups in total. The van der Waals surface area contributed by atoms with Gasteiger partial charge in [-0.1, -0.05) is 42.7 Å². The van der Waals surface area contributed by atoms with Crippen LogP contribution in [-0.2, 0) is 16.1 Å². The van der Waals surface area contributed by atoms with E-state index in [0.717, 1.165) is 75.3 Å². The second kappa shape index (κ2) is 13.0. The average molecular weight is 548 g/mol. The number of amides is 3. The molecule has 6 nitrogen and oxygen atoms in total. The normalized spacial score (nSPS) is 22.2. The van der Waals surface area contributed by atoms with Crippen LogP contribution in [0.25, 0.3) is 0 Å². The lowest BCUT2D eigenvalue weighted by molar-refractivity contribution is -0.139. The molecular formula is C33H42FN3O3. The van der Waals surface area contributed by atoms with E-state index < -0.39 is 0 Å². The topological polar surface area (TPSA) is 69.7 Å². The van der Waals surface area contributed by atoms with Gasteiger partial charge in [0.2, 0.25) is 11.8 Å². The Kier molecular flexibility index (Phi) is 9.18. The van der Waals surface area contributed by atoms with Crippen molar-refractivity contribution in [3.8, 4) is 0 Å². The first-order valence-electron chi connectivity index (χ1n) is 15.1. The van der Waals surface area contributed by atoms with Gasteiger partial charge in [-0.3, -0.25) is 14.4 Å². The van der Waals surface area contributed by atoms with Crippen LogP contribution in [0.15, 0.2) is 48.5 Å². The standard InChI is InChI=1S/C33H42FN3O3/c1-23-5-4-6-24(21-23)22-37(33(40)27-9-11-28(34)12-10-27)30-15-13-29(14-16-30)35-31(38)25-17-19-36(20-18-25)32(39)26-7-2-3-8-26/h4-6,9-12,21,25-26,29-30H,2-3,7-8,13-20,22H2,1H3,(H,35,38). The molecule has 0 aromatic heterocycles. The lowest BCUT2D eigenvalue weighted by atomic mass is 9.88. The van der Waals surface area contributed by atoms with E-state index in [4.69, 9.17) is 0 Å². The number of aryl methyl sites for hydroxylation is 1. The van der Waals surface area contributed by atoms with Gasteiger partial charge in [0.25, 0.3) is 5.91 Å². The Labute approximate surface area is 237 Å². The summed E-state index contributed by atoms with van der Waals surface area (Å²) in [7, 11) is 0. The minimum absolute atomic E-state index is 0.0387. The molecule has 3 amide bonds. The molecule has 2 saturated carbocycles. The predicted octanol–water partition coefficient (Wildman–Crippen LogP) is 5.63. The fraction of sp³-hybridized carbons (Fsp3) is 0.545. The summed E-state index contributed by atoms with van der Waals surface area (Å²) in [5.74, 6) is 0.108. The second-order valence-corrected chi connectivity index (χ2v) is 12.0. The lowest BCUT2D eigenvalue weighted by Crippen LogP contribution is -2.49. The first-order chi connectivity index (χ1) is 19.4. The first kappa shape index (κ1) is 28.3. The second-order valence-electron chi connectivity index (χ2n) is 12.0. The van der Waals surface area contributed by atoms with Gasteiger partial charge in [-0.15, -0.1) is 0 Å². The largest absolute Gasteiger partial charge is 0.353 e. The van der Waals surface area contributed by atoms with E-state index in [1.807, 2.05) is 34.9 Å². The summed E-state index contributed by atoms with van der Waals surface area (Å²) in [6, 6.07) is 14.1. The molecule has 1 heterocycles. The summed E-state index contributed by atoms with van der Waals surface area (Å²) in [5.41, 5.74) is 2.71. The molecule has 0 radical (unpaired) electrons. The molecule has 3 fully saturated rings. The quantitative estimate of drug-likeness (QED) is 0.488.